The van der Waals surface area contributed by atoms with Crippen LogP contribution in [0.1, 0.15) is 55.5 Å². The van der Waals surface area contributed by atoms with Gasteiger partial charge in [0.1, 0.15) is 17.5 Å². The van der Waals surface area contributed by atoms with Crippen molar-refractivity contribution in [3.63, 3.8) is 0 Å². The number of carbonyl (C=O) groups is 1. The highest BCUT2D eigenvalue weighted by Gasteiger charge is 2.47. The number of amides is 1. The maximum absolute atomic E-state index is 13.3. The lowest BCUT2D eigenvalue weighted by Crippen LogP contribution is -2.54. The number of benzene rings is 1. The fourth-order valence-corrected chi connectivity index (χ4v) is 4.59. The third-order valence-corrected chi connectivity index (χ3v) is 5.92. The lowest BCUT2D eigenvalue weighted by atomic mass is 9.90. The molecule has 3 heterocycles. The van der Waals surface area contributed by atoms with Crippen molar-refractivity contribution >= 4 is 11.5 Å². The fraction of sp³-hybridized carbons (Fsp3) is 0.429. The molecule has 6 nitrogen and oxygen atoms in total. The van der Waals surface area contributed by atoms with Crippen LogP contribution in [0.2, 0.25) is 0 Å². The number of hydrogen-bond donors (Lipinski definition) is 2. The van der Waals surface area contributed by atoms with Gasteiger partial charge >= 0.3 is 0 Å². The highest BCUT2D eigenvalue weighted by Crippen LogP contribution is 2.37. The highest BCUT2D eigenvalue weighted by molar-refractivity contribution is 6.19. The van der Waals surface area contributed by atoms with Crippen molar-refractivity contribution in [1.82, 2.24) is 20.7 Å². The molecule has 3 unspecified atom stereocenters. The van der Waals surface area contributed by atoms with E-state index >= 15 is 0 Å². The molecule has 1 aliphatic carbocycles. The van der Waals surface area contributed by atoms with Crippen LogP contribution in [0.15, 0.2) is 40.4 Å². The first kappa shape index (κ1) is 16.6. The van der Waals surface area contributed by atoms with Crippen LogP contribution < -0.4 is 10.7 Å². The predicted molar refractivity (Wildman–Crippen MR) is 101 cm³/mol. The van der Waals surface area contributed by atoms with Crippen LogP contribution in [0.3, 0.4) is 0 Å². The molecule has 2 aromatic rings. The van der Waals surface area contributed by atoms with Crippen molar-refractivity contribution in [1.29, 1.82) is 0 Å². The number of nitrogens with zero attached hydrogens (tertiary/aromatic N) is 2. The van der Waals surface area contributed by atoms with E-state index in [1.54, 1.807) is 5.01 Å². The van der Waals surface area contributed by atoms with Crippen LogP contribution >= 0.6 is 0 Å². The maximum atomic E-state index is 13.3. The number of hydrogen-bond acceptors (Lipinski definition) is 5. The van der Waals surface area contributed by atoms with E-state index in [4.69, 9.17) is 4.42 Å². The molecule has 0 radical (unpaired) electrons. The lowest BCUT2D eigenvalue weighted by Gasteiger charge is -2.34. The first-order valence-electron chi connectivity index (χ1n) is 9.74. The molecule has 6 heteroatoms. The van der Waals surface area contributed by atoms with E-state index in [-0.39, 0.29) is 24.0 Å². The van der Waals surface area contributed by atoms with Gasteiger partial charge in [-0.1, -0.05) is 30.3 Å². The number of nitrogens with one attached hydrogen (secondary N) is 2. The average Bonchev–Trinajstić information content (AvgIpc) is 3.23. The first-order chi connectivity index (χ1) is 13.1. The molecule has 3 atom stereocenters. The van der Waals surface area contributed by atoms with E-state index in [2.05, 4.69) is 34.8 Å². The van der Waals surface area contributed by atoms with Crippen LogP contribution in [0.4, 0.5) is 0 Å². The molecule has 27 heavy (non-hydrogen) atoms. The van der Waals surface area contributed by atoms with Crippen LogP contribution in [-0.4, -0.2) is 28.1 Å². The zero-order chi connectivity index (χ0) is 18.5. The van der Waals surface area contributed by atoms with Crippen molar-refractivity contribution in [2.24, 2.45) is 0 Å². The van der Waals surface area contributed by atoms with Crippen LogP contribution in [0.25, 0.3) is 5.57 Å². The van der Waals surface area contributed by atoms with Gasteiger partial charge in [0.05, 0.1) is 5.69 Å². The number of fused-ring (bicyclic) bond motifs is 2. The molecule has 1 amide bonds. The van der Waals surface area contributed by atoms with Crippen molar-refractivity contribution in [3.8, 4) is 0 Å². The summed E-state index contributed by atoms with van der Waals surface area (Å²) in [6.07, 6.45) is 3.98. The van der Waals surface area contributed by atoms with Gasteiger partial charge in [-0.15, -0.1) is 0 Å². The monoisotopic (exact) mass is 364 g/mol. The summed E-state index contributed by atoms with van der Waals surface area (Å²) in [7, 11) is 0. The standard InChI is InChI=1S/C21H24N4O2/c1-12-18(20-23-15-10-6-7-11-16(15)27-20)21(26)25-19(22-12)17(13(2)24-25)14-8-4-3-5-9-14/h3-5,8-9,13,17,19,22,24H,6-7,10-11H2,1-2H3. The molecule has 2 aliphatic heterocycles. The number of allylic oxidation sites excluding steroid dienone is 1. The van der Waals surface area contributed by atoms with Crippen molar-refractivity contribution in [2.75, 3.05) is 0 Å². The zero-order valence-electron chi connectivity index (χ0n) is 15.7. The largest absolute Gasteiger partial charge is 0.441 e. The van der Waals surface area contributed by atoms with Gasteiger partial charge in [-0.2, -0.15) is 0 Å². The van der Waals surface area contributed by atoms with E-state index in [9.17, 15) is 4.79 Å². The number of carbonyl (C=O) groups excluding carboxylic acids is 1. The third kappa shape index (κ3) is 2.58. The van der Waals surface area contributed by atoms with Crippen molar-refractivity contribution < 1.29 is 9.21 Å². The van der Waals surface area contributed by atoms with Gasteiger partial charge in [-0.3, -0.25) is 9.80 Å². The summed E-state index contributed by atoms with van der Waals surface area (Å²) < 4.78 is 5.99. The Labute approximate surface area is 158 Å². The van der Waals surface area contributed by atoms with Gasteiger partial charge in [-0.05, 0) is 38.7 Å². The minimum Gasteiger partial charge on any atom is -0.441 e. The molecule has 5 rings (SSSR count). The van der Waals surface area contributed by atoms with Gasteiger partial charge in [0.2, 0.25) is 5.89 Å². The topological polar surface area (TPSA) is 70.4 Å². The van der Waals surface area contributed by atoms with E-state index in [1.807, 2.05) is 25.1 Å². The minimum atomic E-state index is -0.122. The summed E-state index contributed by atoms with van der Waals surface area (Å²) in [5, 5.41) is 5.25. The molecule has 140 valence electrons. The summed E-state index contributed by atoms with van der Waals surface area (Å²) in [5.74, 6) is 1.49. The van der Waals surface area contributed by atoms with E-state index in [1.165, 1.54) is 5.56 Å². The molecule has 3 aliphatic rings. The number of hydrazine groups is 1. The Morgan fingerprint density at radius 1 is 1.19 bits per heavy atom. The summed E-state index contributed by atoms with van der Waals surface area (Å²) in [6.45, 7) is 4.06. The predicted octanol–water partition coefficient (Wildman–Crippen LogP) is 2.73. The Morgan fingerprint density at radius 3 is 2.74 bits per heavy atom. The zero-order valence-corrected chi connectivity index (χ0v) is 15.7. The molecule has 1 aromatic carbocycles. The lowest BCUT2D eigenvalue weighted by molar-refractivity contribution is -0.130. The summed E-state index contributed by atoms with van der Waals surface area (Å²) in [4.78, 5) is 18.0. The van der Waals surface area contributed by atoms with Crippen molar-refractivity contribution in [3.05, 3.63) is 58.9 Å². The van der Waals surface area contributed by atoms with Gasteiger partial charge in [0.25, 0.3) is 5.91 Å². The second kappa shape index (κ2) is 6.23. The fourth-order valence-electron chi connectivity index (χ4n) is 4.59. The molecule has 2 N–H and O–H groups in total. The van der Waals surface area contributed by atoms with Gasteiger partial charge in [0, 0.05) is 24.1 Å². The van der Waals surface area contributed by atoms with Gasteiger partial charge < -0.3 is 9.73 Å². The van der Waals surface area contributed by atoms with Gasteiger partial charge in [0.15, 0.2) is 0 Å². The smallest absolute Gasteiger partial charge is 0.277 e. The van der Waals surface area contributed by atoms with Crippen molar-refractivity contribution in [2.45, 2.75) is 57.7 Å². The average molecular weight is 364 g/mol. The molecule has 0 spiro atoms. The van der Waals surface area contributed by atoms with Crippen LogP contribution in [0, 0.1) is 0 Å². The van der Waals surface area contributed by atoms with Gasteiger partial charge in [-0.25, -0.2) is 10.4 Å². The number of aromatic nitrogens is 1. The van der Waals surface area contributed by atoms with E-state index in [0.29, 0.717) is 11.5 Å². The summed E-state index contributed by atoms with van der Waals surface area (Å²) >= 11 is 0. The molecule has 1 fully saturated rings. The molecular formula is C21H24N4O2. The summed E-state index contributed by atoms with van der Waals surface area (Å²) in [5.41, 5.74) is 6.95. The molecular weight excluding hydrogens is 340 g/mol. The first-order valence-corrected chi connectivity index (χ1v) is 9.74. The Balaban J connectivity index is 1.51. The normalized spacial score (nSPS) is 27.4. The Kier molecular flexibility index (Phi) is 3.82. The molecule has 1 aromatic heterocycles. The van der Waals surface area contributed by atoms with E-state index < -0.39 is 0 Å². The minimum absolute atomic E-state index is 0.0693. The molecule has 0 saturated carbocycles. The number of oxazole rings is 1. The molecule has 1 saturated heterocycles. The number of rotatable bonds is 2. The molecule has 0 bridgehead atoms. The Bertz CT molecular complexity index is 894. The van der Waals surface area contributed by atoms with Crippen LogP contribution in [0.5, 0.6) is 0 Å². The van der Waals surface area contributed by atoms with Crippen LogP contribution in [-0.2, 0) is 17.6 Å². The number of aryl methyl sites for hydroxylation is 2. The SMILES string of the molecule is CC1=C(c2nc3c(o2)CCCC3)C(=O)N2NC(C)C(c3ccccc3)C2N1. The summed E-state index contributed by atoms with van der Waals surface area (Å²) in [6, 6.07) is 10.5. The second-order valence-electron chi connectivity index (χ2n) is 7.71. The third-order valence-electron chi connectivity index (χ3n) is 5.92. The Hall–Kier alpha value is -2.60. The van der Waals surface area contributed by atoms with E-state index in [0.717, 1.165) is 42.8 Å². The second-order valence-corrected chi connectivity index (χ2v) is 7.71. The Morgan fingerprint density at radius 2 is 1.96 bits per heavy atom. The quantitative estimate of drug-likeness (QED) is 0.857. The highest BCUT2D eigenvalue weighted by atomic mass is 16.4. The maximum Gasteiger partial charge on any atom is 0.277 e.